The maximum absolute atomic E-state index is 14.0. The molecular formula is C10H11BrFN. The van der Waals surface area contributed by atoms with Crippen LogP contribution in [0.25, 0.3) is 0 Å². The lowest BCUT2D eigenvalue weighted by Gasteiger charge is -2.17. The number of halogens is 2. The van der Waals surface area contributed by atoms with Crippen LogP contribution in [-0.4, -0.2) is 6.54 Å². The van der Waals surface area contributed by atoms with Crippen molar-refractivity contribution in [2.75, 3.05) is 6.54 Å². The fourth-order valence-corrected chi connectivity index (χ4v) is 2.29. The molecule has 1 aromatic rings. The summed E-state index contributed by atoms with van der Waals surface area (Å²) in [5.41, 5.74) is 6.01. The maximum Gasteiger partial charge on any atom is 0.148 e. The average Bonchev–Trinajstić information content (AvgIpc) is 2.45. The second-order valence-electron chi connectivity index (χ2n) is 3.47. The quantitative estimate of drug-likeness (QED) is 0.807. The summed E-state index contributed by atoms with van der Waals surface area (Å²) >= 11 is 3.37. The molecule has 0 bridgehead atoms. The summed E-state index contributed by atoms with van der Waals surface area (Å²) in [6, 6.07) is 5.68. The van der Waals surface area contributed by atoms with Crippen molar-refractivity contribution >= 4 is 15.9 Å². The van der Waals surface area contributed by atoms with Crippen LogP contribution in [0.1, 0.15) is 17.5 Å². The molecule has 1 aliphatic rings. The molecule has 0 amide bonds. The molecule has 2 rings (SSSR count). The molecule has 0 aliphatic heterocycles. The number of rotatable bonds is 1. The van der Waals surface area contributed by atoms with Crippen molar-refractivity contribution in [3.63, 3.8) is 0 Å². The third kappa shape index (κ3) is 1.40. The Morgan fingerprint density at radius 3 is 3.00 bits per heavy atom. The van der Waals surface area contributed by atoms with Crippen molar-refractivity contribution in [3.05, 3.63) is 33.8 Å². The Morgan fingerprint density at radius 1 is 1.54 bits per heavy atom. The predicted octanol–water partition coefficient (Wildman–Crippen LogP) is 2.52. The van der Waals surface area contributed by atoms with Crippen LogP contribution < -0.4 is 5.73 Å². The van der Waals surface area contributed by atoms with Crippen molar-refractivity contribution in [1.29, 1.82) is 0 Å². The zero-order valence-corrected chi connectivity index (χ0v) is 8.77. The monoisotopic (exact) mass is 243 g/mol. The van der Waals surface area contributed by atoms with Gasteiger partial charge in [-0.2, -0.15) is 0 Å². The molecule has 1 aromatic carbocycles. The zero-order valence-electron chi connectivity index (χ0n) is 7.19. The number of fused-ring (bicyclic) bond motifs is 1. The molecule has 0 fully saturated rings. The number of hydrogen-bond acceptors (Lipinski definition) is 1. The van der Waals surface area contributed by atoms with Gasteiger partial charge in [0.2, 0.25) is 0 Å². The van der Waals surface area contributed by atoms with Crippen LogP contribution in [0.3, 0.4) is 0 Å². The Bertz CT molecular complexity index is 340. The van der Waals surface area contributed by atoms with Gasteiger partial charge in [-0.25, -0.2) is 4.39 Å². The van der Waals surface area contributed by atoms with Crippen molar-refractivity contribution in [1.82, 2.24) is 0 Å². The molecule has 0 spiro atoms. The first-order valence-electron chi connectivity index (χ1n) is 4.33. The fourth-order valence-electron chi connectivity index (χ4n) is 1.89. The van der Waals surface area contributed by atoms with Crippen molar-refractivity contribution in [2.24, 2.45) is 5.73 Å². The van der Waals surface area contributed by atoms with E-state index in [0.29, 0.717) is 6.42 Å². The van der Waals surface area contributed by atoms with Crippen LogP contribution in [0, 0.1) is 0 Å². The van der Waals surface area contributed by atoms with E-state index in [1.807, 2.05) is 18.2 Å². The third-order valence-corrected chi connectivity index (χ3v) is 3.16. The molecule has 3 heteroatoms. The van der Waals surface area contributed by atoms with Gasteiger partial charge in [0.1, 0.15) is 5.67 Å². The summed E-state index contributed by atoms with van der Waals surface area (Å²) in [5.74, 6) is 0. The van der Waals surface area contributed by atoms with E-state index in [2.05, 4.69) is 15.9 Å². The lowest BCUT2D eigenvalue weighted by molar-refractivity contribution is 0.177. The van der Waals surface area contributed by atoms with Gasteiger partial charge >= 0.3 is 0 Å². The largest absolute Gasteiger partial charge is 0.327 e. The van der Waals surface area contributed by atoms with Crippen LogP contribution in [0.4, 0.5) is 4.39 Å². The normalized spacial score (nSPS) is 26.1. The van der Waals surface area contributed by atoms with Gasteiger partial charge in [0, 0.05) is 11.0 Å². The summed E-state index contributed by atoms with van der Waals surface area (Å²) in [5, 5.41) is 0. The molecule has 2 N–H and O–H groups in total. The van der Waals surface area contributed by atoms with E-state index in [1.54, 1.807) is 0 Å². The number of hydrogen-bond donors (Lipinski definition) is 1. The lowest BCUT2D eigenvalue weighted by atomic mass is 9.98. The molecule has 1 aliphatic carbocycles. The molecule has 70 valence electrons. The summed E-state index contributed by atoms with van der Waals surface area (Å²) in [6.07, 6.45) is 1.32. The van der Waals surface area contributed by atoms with E-state index in [0.717, 1.165) is 22.0 Å². The molecule has 0 saturated carbocycles. The molecule has 0 saturated heterocycles. The van der Waals surface area contributed by atoms with E-state index in [4.69, 9.17) is 5.73 Å². The van der Waals surface area contributed by atoms with Gasteiger partial charge in [0.15, 0.2) is 0 Å². The highest BCUT2D eigenvalue weighted by atomic mass is 79.9. The molecule has 0 radical (unpaired) electrons. The number of nitrogens with two attached hydrogens (primary N) is 1. The van der Waals surface area contributed by atoms with Gasteiger partial charge in [0.25, 0.3) is 0 Å². The standard InChI is InChI=1S/C10H11BrFN/c11-8-1-2-9-7(5-8)3-4-10(9,12)6-13/h1-2,5H,3-4,6,13H2/t10-/m0/s1. The van der Waals surface area contributed by atoms with Crippen LogP contribution >= 0.6 is 15.9 Å². The SMILES string of the molecule is NC[C@@]1(F)CCc2cc(Br)ccc21. The summed E-state index contributed by atoms with van der Waals surface area (Å²) in [4.78, 5) is 0. The van der Waals surface area contributed by atoms with Crippen LogP contribution in [0.2, 0.25) is 0 Å². The first kappa shape index (κ1) is 9.16. The van der Waals surface area contributed by atoms with E-state index in [9.17, 15) is 4.39 Å². The zero-order chi connectivity index (χ0) is 9.47. The van der Waals surface area contributed by atoms with Gasteiger partial charge < -0.3 is 5.73 Å². The van der Waals surface area contributed by atoms with Crippen molar-refractivity contribution < 1.29 is 4.39 Å². The van der Waals surface area contributed by atoms with Gasteiger partial charge in [0.05, 0.1) is 0 Å². The average molecular weight is 244 g/mol. The molecule has 1 atom stereocenters. The number of benzene rings is 1. The summed E-state index contributed by atoms with van der Waals surface area (Å²) < 4.78 is 15.0. The molecular weight excluding hydrogens is 233 g/mol. The maximum atomic E-state index is 14.0. The van der Waals surface area contributed by atoms with Gasteiger partial charge in [-0.15, -0.1) is 0 Å². The van der Waals surface area contributed by atoms with Crippen molar-refractivity contribution in [3.8, 4) is 0 Å². The Morgan fingerprint density at radius 2 is 2.31 bits per heavy atom. The van der Waals surface area contributed by atoms with Gasteiger partial charge in [-0.1, -0.05) is 22.0 Å². The fraction of sp³-hybridized carbons (Fsp3) is 0.400. The molecule has 0 unspecified atom stereocenters. The van der Waals surface area contributed by atoms with E-state index < -0.39 is 5.67 Å². The van der Waals surface area contributed by atoms with Gasteiger partial charge in [-0.3, -0.25) is 0 Å². The molecule has 0 aromatic heterocycles. The van der Waals surface area contributed by atoms with Gasteiger partial charge in [-0.05, 0) is 36.1 Å². The summed E-state index contributed by atoms with van der Waals surface area (Å²) in [6.45, 7) is 0.0850. The highest BCUT2D eigenvalue weighted by Gasteiger charge is 2.37. The van der Waals surface area contributed by atoms with E-state index in [-0.39, 0.29) is 6.54 Å². The van der Waals surface area contributed by atoms with Crippen molar-refractivity contribution in [2.45, 2.75) is 18.5 Å². The Hall–Kier alpha value is -0.410. The van der Waals surface area contributed by atoms with E-state index in [1.165, 1.54) is 0 Å². The predicted molar refractivity (Wildman–Crippen MR) is 54.3 cm³/mol. The Balaban J connectivity index is 2.49. The van der Waals surface area contributed by atoms with E-state index >= 15 is 0 Å². The molecule has 0 heterocycles. The molecule has 1 nitrogen and oxygen atoms in total. The first-order valence-corrected chi connectivity index (χ1v) is 5.13. The lowest BCUT2D eigenvalue weighted by Crippen LogP contribution is -2.27. The Kier molecular flexibility index (Phi) is 2.16. The number of aryl methyl sites for hydroxylation is 1. The summed E-state index contributed by atoms with van der Waals surface area (Å²) in [7, 11) is 0. The minimum absolute atomic E-state index is 0.0850. The third-order valence-electron chi connectivity index (χ3n) is 2.66. The minimum atomic E-state index is -1.28. The minimum Gasteiger partial charge on any atom is -0.327 e. The second kappa shape index (κ2) is 3.07. The molecule has 13 heavy (non-hydrogen) atoms. The highest BCUT2D eigenvalue weighted by Crippen LogP contribution is 2.40. The van der Waals surface area contributed by atoms with Crippen LogP contribution in [0.15, 0.2) is 22.7 Å². The highest BCUT2D eigenvalue weighted by molar-refractivity contribution is 9.10. The first-order chi connectivity index (χ1) is 6.15. The van der Waals surface area contributed by atoms with Crippen LogP contribution in [0.5, 0.6) is 0 Å². The van der Waals surface area contributed by atoms with Crippen LogP contribution in [-0.2, 0) is 12.1 Å². The smallest absolute Gasteiger partial charge is 0.148 e. The second-order valence-corrected chi connectivity index (χ2v) is 4.39. The Labute approximate surface area is 85.3 Å². The number of alkyl halides is 1. The topological polar surface area (TPSA) is 26.0 Å².